The number of nitrogens with zero attached hydrogens (tertiary/aromatic N) is 1. The van der Waals surface area contributed by atoms with Crippen LogP contribution in [0.1, 0.15) is 52.0 Å². The molecule has 1 aliphatic heterocycles. The third-order valence-corrected chi connectivity index (χ3v) is 5.71. The smallest absolute Gasteiger partial charge is 0.0558 e. The van der Waals surface area contributed by atoms with Gasteiger partial charge >= 0.3 is 0 Å². The summed E-state index contributed by atoms with van der Waals surface area (Å²) in [5.41, 5.74) is 1.90. The first-order valence-corrected chi connectivity index (χ1v) is 8.64. The Morgan fingerprint density at radius 1 is 1.19 bits per heavy atom. The SMILES string of the molecule is CCCCN1CC(C)(C2CC2)NCC1(C)c1ccccc1. The Balaban J connectivity index is 1.85. The summed E-state index contributed by atoms with van der Waals surface area (Å²) in [7, 11) is 0. The Kier molecular flexibility index (Phi) is 4.11. The number of nitrogens with one attached hydrogen (secondary N) is 1. The molecule has 0 spiro atoms. The molecule has 1 N–H and O–H groups in total. The summed E-state index contributed by atoms with van der Waals surface area (Å²) in [5.74, 6) is 0.891. The van der Waals surface area contributed by atoms with Crippen molar-refractivity contribution in [3.05, 3.63) is 35.9 Å². The molecule has 0 bridgehead atoms. The van der Waals surface area contributed by atoms with E-state index in [4.69, 9.17) is 0 Å². The molecular formula is C19H30N2. The standard InChI is InChI=1S/C19H30N2/c1-4-5-13-21-15-18(2,16-11-12-16)20-14-19(21,3)17-9-7-6-8-10-17/h6-10,16,20H,4-5,11-15H2,1-3H3. The van der Waals surface area contributed by atoms with Gasteiger partial charge in [0, 0.05) is 18.6 Å². The van der Waals surface area contributed by atoms with Gasteiger partial charge in [0.05, 0.1) is 5.54 Å². The molecule has 3 rings (SSSR count). The van der Waals surface area contributed by atoms with Gasteiger partial charge < -0.3 is 5.32 Å². The Labute approximate surface area is 129 Å². The fraction of sp³-hybridized carbons (Fsp3) is 0.684. The molecule has 2 fully saturated rings. The summed E-state index contributed by atoms with van der Waals surface area (Å²) >= 11 is 0. The van der Waals surface area contributed by atoms with Crippen LogP contribution < -0.4 is 5.32 Å². The van der Waals surface area contributed by atoms with Crippen molar-refractivity contribution in [3.63, 3.8) is 0 Å². The first kappa shape index (κ1) is 15.1. The monoisotopic (exact) mass is 286 g/mol. The molecule has 0 aromatic heterocycles. The molecular weight excluding hydrogens is 256 g/mol. The van der Waals surface area contributed by atoms with Crippen molar-refractivity contribution in [2.24, 2.45) is 5.92 Å². The van der Waals surface area contributed by atoms with E-state index in [-0.39, 0.29) is 5.54 Å². The summed E-state index contributed by atoms with van der Waals surface area (Å²) < 4.78 is 0. The number of unbranched alkanes of at least 4 members (excludes halogenated alkanes) is 1. The highest BCUT2D eigenvalue weighted by Crippen LogP contribution is 2.44. The topological polar surface area (TPSA) is 15.3 Å². The van der Waals surface area contributed by atoms with Gasteiger partial charge in [-0.2, -0.15) is 0 Å². The maximum Gasteiger partial charge on any atom is 0.0558 e. The molecule has 2 unspecified atom stereocenters. The molecule has 2 nitrogen and oxygen atoms in total. The van der Waals surface area contributed by atoms with Gasteiger partial charge in [0.15, 0.2) is 0 Å². The second-order valence-corrected chi connectivity index (χ2v) is 7.46. The van der Waals surface area contributed by atoms with Crippen LogP contribution in [-0.4, -0.2) is 30.1 Å². The van der Waals surface area contributed by atoms with Gasteiger partial charge in [0.25, 0.3) is 0 Å². The van der Waals surface area contributed by atoms with Crippen molar-refractivity contribution in [3.8, 4) is 0 Å². The van der Waals surface area contributed by atoms with E-state index in [9.17, 15) is 0 Å². The zero-order valence-electron chi connectivity index (χ0n) is 13.9. The lowest BCUT2D eigenvalue weighted by Crippen LogP contribution is -2.67. The second-order valence-electron chi connectivity index (χ2n) is 7.46. The van der Waals surface area contributed by atoms with Gasteiger partial charge in [-0.1, -0.05) is 43.7 Å². The van der Waals surface area contributed by atoms with Crippen LogP contribution in [0.25, 0.3) is 0 Å². The molecule has 2 aliphatic rings. The number of hydrogen-bond acceptors (Lipinski definition) is 2. The maximum absolute atomic E-state index is 3.91. The van der Waals surface area contributed by atoms with Gasteiger partial charge in [-0.05, 0) is 51.1 Å². The summed E-state index contributed by atoms with van der Waals surface area (Å²) in [4.78, 5) is 2.75. The largest absolute Gasteiger partial charge is 0.308 e. The van der Waals surface area contributed by atoms with Crippen molar-refractivity contribution >= 4 is 0 Å². The minimum absolute atomic E-state index is 0.130. The molecule has 1 saturated carbocycles. The zero-order valence-corrected chi connectivity index (χ0v) is 13.9. The predicted molar refractivity (Wildman–Crippen MR) is 89.4 cm³/mol. The van der Waals surface area contributed by atoms with E-state index < -0.39 is 0 Å². The number of hydrogen-bond donors (Lipinski definition) is 1. The minimum Gasteiger partial charge on any atom is -0.308 e. The average molecular weight is 286 g/mol. The molecule has 21 heavy (non-hydrogen) atoms. The van der Waals surface area contributed by atoms with Gasteiger partial charge in [-0.3, -0.25) is 4.90 Å². The van der Waals surface area contributed by atoms with Gasteiger partial charge in [0.1, 0.15) is 0 Å². The lowest BCUT2D eigenvalue weighted by molar-refractivity contribution is 0.00931. The van der Waals surface area contributed by atoms with Crippen molar-refractivity contribution < 1.29 is 0 Å². The fourth-order valence-corrected chi connectivity index (χ4v) is 3.86. The van der Waals surface area contributed by atoms with E-state index in [0.29, 0.717) is 5.54 Å². The highest BCUT2D eigenvalue weighted by molar-refractivity contribution is 5.26. The minimum atomic E-state index is 0.130. The van der Waals surface area contributed by atoms with Crippen LogP contribution in [0.4, 0.5) is 0 Å². The second kappa shape index (κ2) is 5.73. The van der Waals surface area contributed by atoms with Crippen LogP contribution in [-0.2, 0) is 5.54 Å². The molecule has 0 amide bonds. The molecule has 1 aromatic carbocycles. The summed E-state index contributed by atoms with van der Waals surface area (Å²) in [5, 5.41) is 3.91. The highest BCUT2D eigenvalue weighted by Gasteiger charge is 2.49. The number of piperazine rings is 1. The van der Waals surface area contributed by atoms with E-state index in [0.717, 1.165) is 12.5 Å². The Morgan fingerprint density at radius 2 is 1.90 bits per heavy atom. The van der Waals surface area contributed by atoms with Crippen LogP contribution in [0.15, 0.2) is 30.3 Å². The normalized spacial score (nSPS) is 34.0. The van der Waals surface area contributed by atoms with Crippen LogP contribution in [0, 0.1) is 5.92 Å². The van der Waals surface area contributed by atoms with Crippen LogP contribution in [0.3, 0.4) is 0 Å². The van der Waals surface area contributed by atoms with E-state index >= 15 is 0 Å². The fourth-order valence-electron chi connectivity index (χ4n) is 3.86. The first-order chi connectivity index (χ1) is 10.1. The van der Waals surface area contributed by atoms with Gasteiger partial charge in [0.2, 0.25) is 0 Å². The average Bonchev–Trinajstić information content (AvgIpc) is 3.35. The molecule has 1 saturated heterocycles. The summed E-state index contributed by atoms with van der Waals surface area (Å²) in [6.45, 7) is 10.6. The van der Waals surface area contributed by atoms with Crippen LogP contribution >= 0.6 is 0 Å². The summed E-state index contributed by atoms with van der Waals surface area (Å²) in [6.07, 6.45) is 5.39. The Bertz CT molecular complexity index is 468. The lowest BCUT2D eigenvalue weighted by atomic mass is 9.81. The molecule has 116 valence electrons. The van der Waals surface area contributed by atoms with E-state index in [1.165, 1.54) is 44.3 Å². The van der Waals surface area contributed by atoms with Crippen LogP contribution in [0.2, 0.25) is 0 Å². The molecule has 1 heterocycles. The predicted octanol–water partition coefficient (Wildman–Crippen LogP) is 3.78. The van der Waals surface area contributed by atoms with Crippen LogP contribution in [0.5, 0.6) is 0 Å². The van der Waals surface area contributed by atoms with E-state index in [1.807, 2.05) is 0 Å². The number of benzene rings is 1. The van der Waals surface area contributed by atoms with Gasteiger partial charge in [-0.25, -0.2) is 0 Å². The number of rotatable bonds is 5. The molecule has 2 atom stereocenters. The van der Waals surface area contributed by atoms with Crippen molar-refractivity contribution in [2.75, 3.05) is 19.6 Å². The molecule has 2 heteroatoms. The third-order valence-electron chi connectivity index (χ3n) is 5.71. The summed E-state index contributed by atoms with van der Waals surface area (Å²) in [6, 6.07) is 11.1. The zero-order chi connectivity index (χ0) is 14.9. The molecule has 1 aromatic rings. The van der Waals surface area contributed by atoms with Crippen molar-refractivity contribution in [1.29, 1.82) is 0 Å². The van der Waals surface area contributed by atoms with Gasteiger partial charge in [-0.15, -0.1) is 0 Å². The first-order valence-electron chi connectivity index (χ1n) is 8.64. The quantitative estimate of drug-likeness (QED) is 0.886. The van der Waals surface area contributed by atoms with Crippen molar-refractivity contribution in [2.45, 2.75) is 57.5 Å². The lowest BCUT2D eigenvalue weighted by Gasteiger charge is -2.53. The highest BCUT2D eigenvalue weighted by atomic mass is 15.3. The maximum atomic E-state index is 3.91. The Hall–Kier alpha value is -0.860. The third kappa shape index (κ3) is 2.89. The molecule has 0 radical (unpaired) electrons. The van der Waals surface area contributed by atoms with Crippen molar-refractivity contribution in [1.82, 2.24) is 10.2 Å². The Morgan fingerprint density at radius 3 is 2.52 bits per heavy atom. The van der Waals surface area contributed by atoms with E-state index in [1.54, 1.807) is 0 Å². The molecule has 1 aliphatic carbocycles. The van der Waals surface area contributed by atoms with E-state index in [2.05, 4.69) is 61.3 Å².